The molecule has 1 amide bonds. The van der Waals surface area contributed by atoms with E-state index in [4.69, 9.17) is 16.3 Å². The SMILES string of the molecule is O=C(O)c1cc(OCc2ccc(F)c(Cl)c2)ccc1NC(=O)C1CC1. The van der Waals surface area contributed by atoms with Gasteiger partial charge < -0.3 is 15.2 Å². The molecule has 25 heavy (non-hydrogen) atoms. The second-order valence-electron chi connectivity index (χ2n) is 5.81. The second-order valence-corrected chi connectivity index (χ2v) is 6.22. The zero-order valence-electron chi connectivity index (χ0n) is 13.1. The van der Waals surface area contributed by atoms with E-state index in [1.807, 2.05) is 0 Å². The van der Waals surface area contributed by atoms with Crippen molar-refractivity contribution < 1.29 is 23.8 Å². The first-order chi connectivity index (χ1) is 11.9. The van der Waals surface area contributed by atoms with Gasteiger partial charge in [0.05, 0.1) is 16.3 Å². The maximum absolute atomic E-state index is 13.1. The van der Waals surface area contributed by atoms with Crippen molar-refractivity contribution in [2.24, 2.45) is 5.92 Å². The number of ether oxygens (including phenoxy) is 1. The molecule has 0 spiro atoms. The van der Waals surface area contributed by atoms with Gasteiger partial charge in [0.1, 0.15) is 18.2 Å². The highest BCUT2D eigenvalue weighted by Gasteiger charge is 2.30. The van der Waals surface area contributed by atoms with Crippen LogP contribution in [0.15, 0.2) is 36.4 Å². The minimum Gasteiger partial charge on any atom is -0.489 e. The molecule has 0 atom stereocenters. The number of aromatic carboxylic acids is 1. The van der Waals surface area contributed by atoms with Gasteiger partial charge in [-0.3, -0.25) is 4.79 Å². The molecular formula is C18H15ClFNO4. The molecule has 130 valence electrons. The monoisotopic (exact) mass is 363 g/mol. The summed E-state index contributed by atoms with van der Waals surface area (Å²) >= 11 is 5.71. The van der Waals surface area contributed by atoms with Crippen LogP contribution in [0, 0.1) is 11.7 Å². The highest BCUT2D eigenvalue weighted by Crippen LogP contribution is 2.31. The molecule has 3 rings (SSSR count). The molecule has 2 aromatic carbocycles. The first-order valence-electron chi connectivity index (χ1n) is 7.69. The van der Waals surface area contributed by atoms with Crippen LogP contribution in [0.2, 0.25) is 5.02 Å². The van der Waals surface area contributed by atoms with Gasteiger partial charge in [-0.05, 0) is 48.7 Å². The van der Waals surface area contributed by atoms with E-state index in [0.717, 1.165) is 12.8 Å². The molecule has 0 radical (unpaired) electrons. The van der Waals surface area contributed by atoms with Crippen LogP contribution in [0.4, 0.5) is 10.1 Å². The summed E-state index contributed by atoms with van der Waals surface area (Å²) in [6.45, 7) is 0.104. The Hall–Kier alpha value is -2.60. The van der Waals surface area contributed by atoms with Crippen molar-refractivity contribution >= 4 is 29.2 Å². The van der Waals surface area contributed by atoms with Gasteiger partial charge in [-0.15, -0.1) is 0 Å². The number of carboxylic acid groups (broad SMARTS) is 1. The van der Waals surface area contributed by atoms with Gasteiger partial charge in [0.15, 0.2) is 0 Å². The van der Waals surface area contributed by atoms with E-state index in [0.29, 0.717) is 11.3 Å². The topological polar surface area (TPSA) is 75.6 Å². The van der Waals surface area contributed by atoms with E-state index in [2.05, 4.69) is 5.32 Å². The van der Waals surface area contributed by atoms with Crippen LogP contribution in [-0.2, 0) is 11.4 Å². The highest BCUT2D eigenvalue weighted by atomic mass is 35.5. The number of nitrogens with one attached hydrogen (secondary N) is 1. The molecular weight excluding hydrogens is 349 g/mol. The molecule has 0 bridgehead atoms. The molecule has 5 nitrogen and oxygen atoms in total. The Morgan fingerprint density at radius 2 is 2.00 bits per heavy atom. The van der Waals surface area contributed by atoms with Crippen molar-refractivity contribution in [3.05, 3.63) is 58.4 Å². The van der Waals surface area contributed by atoms with Crippen molar-refractivity contribution in [3.63, 3.8) is 0 Å². The smallest absolute Gasteiger partial charge is 0.337 e. The molecule has 1 aliphatic rings. The molecule has 0 aromatic heterocycles. The average Bonchev–Trinajstić information content (AvgIpc) is 3.41. The fraction of sp³-hybridized carbons (Fsp3) is 0.222. The summed E-state index contributed by atoms with van der Waals surface area (Å²) in [5, 5.41) is 12.0. The number of carbonyl (C=O) groups is 2. The van der Waals surface area contributed by atoms with Crippen molar-refractivity contribution in [1.82, 2.24) is 0 Å². The van der Waals surface area contributed by atoms with E-state index in [1.165, 1.54) is 30.3 Å². The van der Waals surface area contributed by atoms with Crippen molar-refractivity contribution in [2.45, 2.75) is 19.4 Å². The van der Waals surface area contributed by atoms with Crippen molar-refractivity contribution in [2.75, 3.05) is 5.32 Å². The summed E-state index contributed by atoms with van der Waals surface area (Å²) in [6, 6.07) is 8.62. The lowest BCUT2D eigenvalue weighted by molar-refractivity contribution is -0.117. The summed E-state index contributed by atoms with van der Waals surface area (Å²) < 4.78 is 18.7. The molecule has 1 fully saturated rings. The summed E-state index contributed by atoms with van der Waals surface area (Å²) in [5.41, 5.74) is 0.833. The number of benzene rings is 2. The Kier molecular flexibility index (Phi) is 4.90. The molecule has 2 N–H and O–H groups in total. The van der Waals surface area contributed by atoms with E-state index in [1.54, 1.807) is 6.07 Å². The zero-order chi connectivity index (χ0) is 18.0. The number of rotatable bonds is 6. The van der Waals surface area contributed by atoms with Crippen LogP contribution in [0.3, 0.4) is 0 Å². The van der Waals surface area contributed by atoms with Crippen LogP contribution in [0.25, 0.3) is 0 Å². The lowest BCUT2D eigenvalue weighted by atomic mass is 10.1. The first-order valence-corrected chi connectivity index (χ1v) is 8.07. The standard InChI is InChI=1S/C18H15ClFNO4/c19-14-7-10(1-5-15(14)20)9-25-12-4-6-16(13(8-12)18(23)24)21-17(22)11-2-3-11/h1,4-8,11H,2-3,9H2,(H,21,22)(H,23,24). The molecule has 0 saturated heterocycles. The largest absolute Gasteiger partial charge is 0.489 e. The Bertz CT molecular complexity index is 836. The van der Waals surface area contributed by atoms with Crippen LogP contribution in [0.1, 0.15) is 28.8 Å². The van der Waals surface area contributed by atoms with E-state index in [-0.39, 0.29) is 34.7 Å². The number of halogens is 2. The maximum Gasteiger partial charge on any atom is 0.337 e. The van der Waals surface area contributed by atoms with Gasteiger partial charge in [0.2, 0.25) is 5.91 Å². The van der Waals surface area contributed by atoms with Crippen molar-refractivity contribution in [1.29, 1.82) is 0 Å². The summed E-state index contributed by atoms with van der Waals surface area (Å²) in [7, 11) is 0. The Morgan fingerprint density at radius 1 is 1.24 bits per heavy atom. The van der Waals surface area contributed by atoms with Crippen molar-refractivity contribution in [3.8, 4) is 5.75 Å². The minimum absolute atomic E-state index is 0.00883. The summed E-state index contributed by atoms with van der Waals surface area (Å²) in [6.07, 6.45) is 1.66. The fourth-order valence-corrected chi connectivity index (χ4v) is 2.48. The zero-order valence-corrected chi connectivity index (χ0v) is 13.8. The number of hydrogen-bond donors (Lipinski definition) is 2. The number of carboxylic acids is 1. The Balaban J connectivity index is 1.73. The van der Waals surface area contributed by atoms with Crippen LogP contribution in [-0.4, -0.2) is 17.0 Å². The minimum atomic E-state index is -1.17. The van der Waals surface area contributed by atoms with Gasteiger partial charge in [-0.2, -0.15) is 0 Å². The molecule has 1 aliphatic carbocycles. The van der Waals surface area contributed by atoms with Gasteiger partial charge in [-0.1, -0.05) is 17.7 Å². The summed E-state index contributed by atoms with van der Waals surface area (Å²) in [4.78, 5) is 23.3. The van der Waals surface area contributed by atoms with Gasteiger partial charge >= 0.3 is 5.97 Å². The lowest BCUT2D eigenvalue weighted by Gasteiger charge is -2.12. The van der Waals surface area contributed by atoms with E-state index >= 15 is 0 Å². The second kappa shape index (κ2) is 7.11. The third-order valence-corrected chi connectivity index (χ3v) is 4.11. The Labute approximate surface area is 148 Å². The number of hydrogen-bond acceptors (Lipinski definition) is 3. The highest BCUT2D eigenvalue weighted by molar-refractivity contribution is 6.30. The molecule has 7 heteroatoms. The van der Waals surface area contributed by atoms with E-state index < -0.39 is 11.8 Å². The van der Waals surface area contributed by atoms with Gasteiger partial charge in [0, 0.05) is 5.92 Å². The van der Waals surface area contributed by atoms with E-state index in [9.17, 15) is 19.1 Å². The molecule has 0 unspecified atom stereocenters. The van der Waals surface area contributed by atoms with Crippen LogP contribution >= 0.6 is 11.6 Å². The number of amides is 1. The average molecular weight is 364 g/mol. The maximum atomic E-state index is 13.1. The van der Waals surface area contributed by atoms with Crippen LogP contribution < -0.4 is 10.1 Å². The number of carbonyl (C=O) groups excluding carboxylic acids is 1. The first kappa shape index (κ1) is 17.2. The quantitative estimate of drug-likeness (QED) is 0.810. The molecule has 0 heterocycles. The third-order valence-electron chi connectivity index (χ3n) is 3.82. The normalized spacial score (nSPS) is 13.4. The predicted octanol–water partition coefficient (Wildman–Crippen LogP) is 4.10. The lowest BCUT2D eigenvalue weighted by Crippen LogP contribution is -2.16. The Morgan fingerprint density at radius 3 is 2.64 bits per heavy atom. The molecule has 2 aromatic rings. The predicted molar refractivity (Wildman–Crippen MR) is 90.5 cm³/mol. The van der Waals surface area contributed by atoms with Crippen LogP contribution in [0.5, 0.6) is 5.75 Å². The molecule has 1 saturated carbocycles. The molecule has 0 aliphatic heterocycles. The third kappa shape index (κ3) is 4.28. The van der Waals surface area contributed by atoms with Gasteiger partial charge in [0.25, 0.3) is 0 Å². The fourth-order valence-electron chi connectivity index (χ4n) is 2.28. The summed E-state index contributed by atoms with van der Waals surface area (Å²) in [5.74, 6) is -1.56. The van der Waals surface area contributed by atoms with Gasteiger partial charge in [-0.25, -0.2) is 9.18 Å². The number of anilines is 1.